The zero-order chi connectivity index (χ0) is 21.7. The van der Waals surface area contributed by atoms with Crippen LogP contribution in [0.5, 0.6) is 5.75 Å². The van der Waals surface area contributed by atoms with Crippen molar-refractivity contribution in [2.45, 2.75) is 6.61 Å². The van der Waals surface area contributed by atoms with E-state index in [1.54, 1.807) is 6.07 Å². The Balaban J connectivity index is 1.67. The van der Waals surface area contributed by atoms with Crippen LogP contribution < -0.4 is 10.2 Å². The van der Waals surface area contributed by atoms with Gasteiger partial charge < -0.3 is 4.74 Å². The first kappa shape index (κ1) is 23.1. The molecule has 4 nitrogen and oxygen atoms in total. The van der Waals surface area contributed by atoms with Crippen molar-refractivity contribution >= 4 is 78.8 Å². The quantitative estimate of drug-likeness (QED) is 0.238. The van der Waals surface area contributed by atoms with Gasteiger partial charge in [-0.25, -0.2) is 5.43 Å². The lowest BCUT2D eigenvalue weighted by Gasteiger charge is -2.12. The van der Waals surface area contributed by atoms with Gasteiger partial charge in [-0.3, -0.25) is 4.79 Å². The third kappa shape index (κ3) is 5.99. The summed E-state index contributed by atoms with van der Waals surface area (Å²) in [5.41, 5.74) is 4.34. The molecule has 0 aromatic heterocycles. The van der Waals surface area contributed by atoms with Gasteiger partial charge in [0.2, 0.25) is 0 Å². The molecule has 0 saturated carbocycles. The number of halogens is 5. The average Bonchev–Trinajstić information content (AvgIpc) is 2.68. The van der Waals surface area contributed by atoms with Gasteiger partial charge in [-0.15, -0.1) is 0 Å². The zero-order valence-corrected chi connectivity index (χ0v) is 20.6. The van der Waals surface area contributed by atoms with Crippen LogP contribution in [0, 0.1) is 0 Å². The van der Waals surface area contributed by atoms with E-state index in [1.807, 2.05) is 36.4 Å². The summed E-state index contributed by atoms with van der Waals surface area (Å²) in [4.78, 5) is 12.2. The van der Waals surface area contributed by atoms with Gasteiger partial charge in [0.05, 0.1) is 25.7 Å². The molecule has 1 N–H and O–H groups in total. The molecule has 3 aromatic rings. The van der Waals surface area contributed by atoms with Crippen LogP contribution in [0.1, 0.15) is 21.5 Å². The summed E-state index contributed by atoms with van der Waals surface area (Å²) in [6.07, 6.45) is 1.51. The number of benzene rings is 3. The molecule has 0 radical (unpaired) electrons. The summed E-state index contributed by atoms with van der Waals surface area (Å²) in [7, 11) is 0. The Morgan fingerprint density at radius 2 is 1.70 bits per heavy atom. The minimum absolute atomic E-state index is 0.251. The number of rotatable bonds is 6. The Kier molecular flexibility index (Phi) is 8.20. The largest absolute Gasteiger partial charge is 0.486 e. The molecule has 0 unspecified atom stereocenters. The van der Waals surface area contributed by atoms with Crippen LogP contribution in [-0.4, -0.2) is 12.1 Å². The third-order valence-corrected chi connectivity index (χ3v) is 6.00. The van der Waals surface area contributed by atoms with E-state index in [-0.39, 0.29) is 10.6 Å². The topological polar surface area (TPSA) is 50.7 Å². The first-order valence-electron chi connectivity index (χ1n) is 8.49. The van der Waals surface area contributed by atoms with Gasteiger partial charge in [0.25, 0.3) is 5.91 Å². The smallest absolute Gasteiger partial charge is 0.272 e. The van der Waals surface area contributed by atoms with Crippen LogP contribution in [0.25, 0.3) is 0 Å². The molecular weight excluding hydrogens is 578 g/mol. The van der Waals surface area contributed by atoms with E-state index in [1.165, 1.54) is 18.3 Å². The highest BCUT2D eigenvalue weighted by atomic mass is 79.9. The number of carbonyl (C=O) groups is 1. The maximum Gasteiger partial charge on any atom is 0.272 e. The van der Waals surface area contributed by atoms with Gasteiger partial charge in [-0.2, -0.15) is 5.10 Å². The number of hydrogen-bond acceptors (Lipinski definition) is 3. The maximum atomic E-state index is 12.2. The molecule has 0 bridgehead atoms. The molecule has 0 atom stereocenters. The van der Waals surface area contributed by atoms with E-state index in [0.29, 0.717) is 22.4 Å². The van der Waals surface area contributed by atoms with Crippen molar-refractivity contribution in [1.29, 1.82) is 0 Å². The first-order chi connectivity index (χ1) is 14.3. The summed E-state index contributed by atoms with van der Waals surface area (Å²) >= 11 is 25.0. The molecule has 0 aliphatic heterocycles. The molecule has 0 heterocycles. The average molecular weight is 592 g/mol. The molecule has 0 aliphatic rings. The molecule has 0 fully saturated rings. The second kappa shape index (κ2) is 10.6. The predicted octanol–water partition coefficient (Wildman–Crippen LogP) is 7.51. The lowest BCUT2D eigenvalue weighted by molar-refractivity contribution is 0.0955. The van der Waals surface area contributed by atoms with E-state index in [9.17, 15) is 4.79 Å². The number of hydrogen-bond donors (Lipinski definition) is 1. The molecule has 1 amide bonds. The molecule has 3 rings (SSSR count). The van der Waals surface area contributed by atoms with E-state index in [2.05, 4.69) is 42.4 Å². The fourth-order valence-corrected chi connectivity index (χ4v) is 4.59. The standard InChI is InChI=1S/C21H13Br2Cl3N2O2/c22-16-7-12(10-27-28-21(29)15-6-5-14(24)9-19(15)26)8-17(23)20(16)30-11-13-3-1-2-4-18(13)25/h1-10H,11H2,(H,28,29)/b27-10+. The fraction of sp³-hybridized carbons (Fsp3) is 0.0476. The van der Waals surface area contributed by atoms with E-state index < -0.39 is 5.91 Å². The van der Waals surface area contributed by atoms with Crippen molar-refractivity contribution in [3.8, 4) is 5.75 Å². The molecule has 0 spiro atoms. The predicted molar refractivity (Wildman–Crippen MR) is 129 cm³/mol. The second-order valence-corrected chi connectivity index (χ2v) is 8.98. The number of hydrazone groups is 1. The second-order valence-electron chi connectivity index (χ2n) is 6.02. The van der Waals surface area contributed by atoms with Crippen LogP contribution in [0.3, 0.4) is 0 Å². The van der Waals surface area contributed by atoms with Crippen molar-refractivity contribution in [2.75, 3.05) is 0 Å². The SMILES string of the molecule is O=C(N/N=C/c1cc(Br)c(OCc2ccccc2Cl)c(Br)c1)c1ccc(Cl)cc1Cl. The fourth-order valence-electron chi connectivity index (χ4n) is 2.46. The summed E-state index contributed by atoms with van der Waals surface area (Å²) in [5, 5.41) is 5.33. The third-order valence-electron chi connectivity index (χ3n) is 3.91. The highest BCUT2D eigenvalue weighted by Crippen LogP contribution is 2.35. The summed E-state index contributed by atoms with van der Waals surface area (Å²) in [6.45, 7) is 0.322. The molecule has 30 heavy (non-hydrogen) atoms. The van der Waals surface area contributed by atoms with Crippen LogP contribution in [0.4, 0.5) is 0 Å². The minimum atomic E-state index is -0.439. The van der Waals surface area contributed by atoms with E-state index in [4.69, 9.17) is 39.5 Å². The zero-order valence-electron chi connectivity index (χ0n) is 15.1. The highest BCUT2D eigenvalue weighted by Gasteiger charge is 2.11. The molecule has 3 aromatic carbocycles. The Morgan fingerprint density at radius 3 is 2.37 bits per heavy atom. The van der Waals surface area contributed by atoms with Crippen molar-refractivity contribution < 1.29 is 9.53 Å². The van der Waals surface area contributed by atoms with Gasteiger partial charge in [-0.1, -0.05) is 53.0 Å². The number of nitrogens with one attached hydrogen (secondary N) is 1. The Morgan fingerprint density at radius 1 is 1.00 bits per heavy atom. The van der Waals surface area contributed by atoms with Crippen LogP contribution >= 0.6 is 66.7 Å². The summed E-state index contributed by atoms with van der Waals surface area (Å²) in [5.74, 6) is 0.190. The van der Waals surface area contributed by atoms with E-state index >= 15 is 0 Å². The van der Waals surface area contributed by atoms with Gasteiger partial charge >= 0.3 is 0 Å². The van der Waals surface area contributed by atoms with Gasteiger partial charge in [0.1, 0.15) is 12.4 Å². The number of ether oxygens (including phenoxy) is 1. The minimum Gasteiger partial charge on any atom is -0.486 e. The molecule has 9 heteroatoms. The molecule has 0 aliphatic carbocycles. The van der Waals surface area contributed by atoms with Gasteiger partial charge in [0.15, 0.2) is 0 Å². The Bertz CT molecular complexity index is 1100. The van der Waals surface area contributed by atoms with Crippen molar-refractivity contribution in [3.63, 3.8) is 0 Å². The molecule has 0 saturated heterocycles. The number of nitrogens with zero attached hydrogens (tertiary/aromatic N) is 1. The maximum absolute atomic E-state index is 12.2. The summed E-state index contributed by atoms with van der Waals surface area (Å²) in [6, 6.07) is 15.7. The Labute approximate surface area is 205 Å². The normalized spacial score (nSPS) is 11.0. The van der Waals surface area contributed by atoms with Crippen LogP contribution in [-0.2, 0) is 6.61 Å². The monoisotopic (exact) mass is 588 g/mol. The van der Waals surface area contributed by atoms with Crippen molar-refractivity contribution in [3.05, 3.63) is 95.3 Å². The van der Waals surface area contributed by atoms with Gasteiger partial charge in [0, 0.05) is 15.6 Å². The van der Waals surface area contributed by atoms with Crippen molar-refractivity contribution in [1.82, 2.24) is 5.43 Å². The first-order valence-corrected chi connectivity index (χ1v) is 11.2. The highest BCUT2D eigenvalue weighted by molar-refractivity contribution is 9.11. The molecular formula is C21H13Br2Cl3N2O2. The number of carbonyl (C=O) groups excluding carboxylic acids is 1. The molecule has 154 valence electrons. The van der Waals surface area contributed by atoms with Gasteiger partial charge in [-0.05, 0) is 73.8 Å². The van der Waals surface area contributed by atoms with E-state index in [0.717, 1.165) is 20.1 Å². The van der Waals surface area contributed by atoms with Crippen LogP contribution in [0.15, 0.2) is 68.6 Å². The lowest BCUT2D eigenvalue weighted by atomic mass is 10.2. The Hall–Kier alpha value is -1.57. The van der Waals surface area contributed by atoms with Crippen LogP contribution in [0.2, 0.25) is 15.1 Å². The lowest BCUT2D eigenvalue weighted by Crippen LogP contribution is -2.18. The summed E-state index contributed by atoms with van der Waals surface area (Å²) < 4.78 is 7.33. The van der Waals surface area contributed by atoms with Crippen molar-refractivity contribution in [2.24, 2.45) is 5.10 Å². The number of amides is 1.